The van der Waals surface area contributed by atoms with E-state index in [4.69, 9.17) is 9.84 Å². The second-order valence-corrected chi connectivity index (χ2v) is 2.91. The zero-order valence-electron chi connectivity index (χ0n) is 7.89. The monoisotopic (exact) mass is 202 g/mol. The summed E-state index contributed by atoms with van der Waals surface area (Å²) in [6.07, 6.45) is 1.70. The maximum Gasteiger partial charge on any atom is 0.204 e. The number of hydrogen-bond acceptors (Lipinski definition) is 2. The van der Waals surface area contributed by atoms with Crippen LogP contribution in [-0.4, -0.2) is 11.7 Å². The van der Waals surface area contributed by atoms with Gasteiger partial charge in [0.05, 0.1) is 6.61 Å². The van der Waals surface area contributed by atoms with E-state index in [9.17, 15) is 8.78 Å². The summed E-state index contributed by atoms with van der Waals surface area (Å²) in [5.74, 6) is -3.26. The van der Waals surface area contributed by atoms with E-state index in [1.165, 1.54) is 6.07 Å². The van der Waals surface area contributed by atoms with Crippen LogP contribution < -0.4 is 4.74 Å². The molecular weight excluding hydrogens is 190 g/mol. The molecule has 0 aromatic heterocycles. The fourth-order valence-electron chi connectivity index (χ4n) is 0.959. The Morgan fingerprint density at radius 1 is 1.29 bits per heavy atom. The first-order valence-electron chi connectivity index (χ1n) is 4.46. The molecule has 0 amide bonds. The number of unbranched alkanes of at least 4 members (excludes halogenated alkanes) is 1. The van der Waals surface area contributed by atoms with Gasteiger partial charge in [-0.05, 0) is 18.6 Å². The number of aromatic hydroxyl groups is 1. The van der Waals surface area contributed by atoms with E-state index >= 15 is 0 Å². The van der Waals surface area contributed by atoms with Gasteiger partial charge >= 0.3 is 0 Å². The van der Waals surface area contributed by atoms with Gasteiger partial charge in [0.25, 0.3) is 0 Å². The summed E-state index contributed by atoms with van der Waals surface area (Å²) < 4.78 is 30.8. The van der Waals surface area contributed by atoms with Gasteiger partial charge in [-0.2, -0.15) is 8.78 Å². The maximum absolute atomic E-state index is 13.0. The number of benzene rings is 1. The van der Waals surface area contributed by atoms with Gasteiger partial charge in [-0.1, -0.05) is 13.3 Å². The van der Waals surface area contributed by atoms with E-state index < -0.39 is 17.4 Å². The second kappa shape index (κ2) is 4.79. The van der Waals surface area contributed by atoms with Crippen LogP contribution in [-0.2, 0) is 0 Å². The van der Waals surface area contributed by atoms with Crippen molar-refractivity contribution >= 4 is 0 Å². The standard InChI is InChI=1S/C10H12F2O2/c1-2-3-6-14-8-5-4-7(13)9(11)10(8)12/h4-5,13H,2-3,6H2,1H3. The van der Waals surface area contributed by atoms with Crippen molar-refractivity contribution in [3.63, 3.8) is 0 Å². The van der Waals surface area contributed by atoms with Crippen molar-refractivity contribution < 1.29 is 18.6 Å². The summed E-state index contributed by atoms with van der Waals surface area (Å²) in [6, 6.07) is 2.28. The van der Waals surface area contributed by atoms with Crippen molar-refractivity contribution in [3.8, 4) is 11.5 Å². The van der Waals surface area contributed by atoms with E-state index in [0.29, 0.717) is 6.61 Å². The number of phenols is 1. The van der Waals surface area contributed by atoms with Crippen molar-refractivity contribution in [1.82, 2.24) is 0 Å². The fraction of sp³-hybridized carbons (Fsp3) is 0.400. The molecule has 2 nitrogen and oxygen atoms in total. The molecule has 0 aliphatic carbocycles. The SMILES string of the molecule is CCCCOc1ccc(O)c(F)c1F. The number of halogens is 2. The third-order valence-corrected chi connectivity index (χ3v) is 1.78. The Morgan fingerprint density at radius 3 is 2.64 bits per heavy atom. The zero-order valence-corrected chi connectivity index (χ0v) is 7.89. The predicted molar refractivity (Wildman–Crippen MR) is 48.4 cm³/mol. The molecule has 0 aliphatic heterocycles. The third kappa shape index (κ3) is 2.34. The molecular formula is C10H12F2O2. The Balaban J connectivity index is 2.73. The lowest BCUT2D eigenvalue weighted by Crippen LogP contribution is -2.00. The Morgan fingerprint density at radius 2 is 2.00 bits per heavy atom. The van der Waals surface area contributed by atoms with Gasteiger partial charge in [0.15, 0.2) is 11.5 Å². The highest BCUT2D eigenvalue weighted by atomic mass is 19.2. The predicted octanol–water partition coefficient (Wildman–Crippen LogP) is 2.85. The van der Waals surface area contributed by atoms with E-state index in [1.807, 2.05) is 6.92 Å². The van der Waals surface area contributed by atoms with Gasteiger partial charge in [-0.3, -0.25) is 0 Å². The molecule has 0 heterocycles. The number of rotatable bonds is 4. The summed E-state index contributed by atoms with van der Waals surface area (Å²) in [5, 5.41) is 8.83. The average Bonchev–Trinajstić information content (AvgIpc) is 2.18. The molecule has 1 aromatic rings. The molecule has 1 N–H and O–H groups in total. The molecule has 0 unspecified atom stereocenters. The molecule has 0 saturated heterocycles. The Labute approximate surface area is 81.1 Å². The molecule has 14 heavy (non-hydrogen) atoms. The van der Waals surface area contributed by atoms with Crippen LogP contribution in [0.25, 0.3) is 0 Å². The van der Waals surface area contributed by atoms with Gasteiger partial charge in [0, 0.05) is 0 Å². The molecule has 1 aromatic carbocycles. The second-order valence-electron chi connectivity index (χ2n) is 2.91. The third-order valence-electron chi connectivity index (χ3n) is 1.78. The Bertz CT molecular complexity index is 313. The largest absolute Gasteiger partial charge is 0.505 e. The van der Waals surface area contributed by atoms with E-state index in [-0.39, 0.29) is 5.75 Å². The van der Waals surface area contributed by atoms with Crippen LogP contribution in [0.5, 0.6) is 11.5 Å². The summed E-state index contributed by atoms with van der Waals surface area (Å²) in [5.41, 5.74) is 0. The van der Waals surface area contributed by atoms with Crippen molar-refractivity contribution in [1.29, 1.82) is 0 Å². The zero-order chi connectivity index (χ0) is 10.6. The summed E-state index contributed by atoms with van der Waals surface area (Å²) >= 11 is 0. The lowest BCUT2D eigenvalue weighted by molar-refractivity contribution is 0.285. The highest BCUT2D eigenvalue weighted by Crippen LogP contribution is 2.26. The normalized spacial score (nSPS) is 10.2. The molecule has 78 valence electrons. The van der Waals surface area contributed by atoms with Crippen LogP contribution in [0.3, 0.4) is 0 Å². The highest BCUT2D eigenvalue weighted by molar-refractivity contribution is 5.33. The van der Waals surface area contributed by atoms with Crippen LogP contribution in [0.1, 0.15) is 19.8 Å². The van der Waals surface area contributed by atoms with Crippen LogP contribution in [0.15, 0.2) is 12.1 Å². The number of hydrogen-bond donors (Lipinski definition) is 1. The summed E-state index contributed by atoms with van der Waals surface area (Å²) in [4.78, 5) is 0. The Hall–Kier alpha value is -1.32. The highest BCUT2D eigenvalue weighted by Gasteiger charge is 2.13. The van der Waals surface area contributed by atoms with Crippen molar-refractivity contribution in [3.05, 3.63) is 23.8 Å². The van der Waals surface area contributed by atoms with E-state index in [2.05, 4.69) is 0 Å². The molecule has 0 spiro atoms. The minimum Gasteiger partial charge on any atom is -0.505 e. The first-order valence-corrected chi connectivity index (χ1v) is 4.46. The van der Waals surface area contributed by atoms with Gasteiger partial charge in [0.1, 0.15) is 0 Å². The fourth-order valence-corrected chi connectivity index (χ4v) is 0.959. The molecule has 0 aliphatic rings. The first kappa shape index (κ1) is 10.8. The van der Waals surface area contributed by atoms with Crippen LogP contribution in [0.2, 0.25) is 0 Å². The minimum atomic E-state index is -1.26. The maximum atomic E-state index is 13.0. The van der Waals surface area contributed by atoms with Gasteiger partial charge in [0.2, 0.25) is 11.6 Å². The molecule has 0 atom stereocenters. The topological polar surface area (TPSA) is 29.5 Å². The summed E-state index contributed by atoms with van der Waals surface area (Å²) in [7, 11) is 0. The lowest BCUT2D eigenvalue weighted by atomic mass is 10.3. The average molecular weight is 202 g/mol. The van der Waals surface area contributed by atoms with Gasteiger partial charge in [-0.15, -0.1) is 0 Å². The number of phenolic OH excluding ortho intramolecular Hbond substituents is 1. The van der Waals surface area contributed by atoms with Crippen LogP contribution >= 0.6 is 0 Å². The minimum absolute atomic E-state index is 0.159. The van der Waals surface area contributed by atoms with Crippen LogP contribution in [0.4, 0.5) is 8.78 Å². The summed E-state index contributed by atoms with van der Waals surface area (Å²) in [6.45, 7) is 2.31. The molecule has 0 fully saturated rings. The van der Waals surface area contributed by atoms with E-state index in [1.54, 1.807) is 0 Å². The molecule has 1 rings (SSSR count). The molecule has 0 bridgehead atoms. The quantitative estimate of drug-likeness (QED) is 0.761. The molecule has 0 radical (unpaired) electrons. The van der Waals surface area contributed by atoms with Crippen LogP contribution in [0, 0.1) is 11.6 Å². The van der Waals surface area contributed by atoms with E-state index in [0.717, 1.165) is 18.9 Å². The lowest BCUT2D eigenvalue weighted by Gasteiger charge is -2.07. The van der Waals surface area contributed by atoms with Gasteiger partial charge < -0.3 is 9.84 Å². The molecule has 0 saturated carbocycles. The number of ether oxygens (including phenoxy) is 1. The first-order chi connectivity index (χ1) is 6.66. The smallest absolute Gasteiger partial charge is 0.204 e. The molecule has 4 heteroatoms. The van der Waals surface area contributed by atoms with Crippen molar-refractivity contribution in [2.75, 3.05) is 6.61 Å². The van der Waals surface area contributed by atoms with Crippen molar-refractivity contribution in [2.45, 2.75) is 19.8 Å². The van der Waals surface area contributed by atoms with Crippen molar-refractivity contribution in [2.24, 2.45) is 0 Å². The Kier molecular flexibility index (Phi) is 3.68. The van der Waals surface area contributed by atoms with Gasteiger partial charge in [-0.25, -0.2) is 0 Å².